The van der Waals surface area contributed by atoms with Crippen LogP contribution in [0, 0.1) is 0 Å². The summed E-state index contributed by atoms with van der Waals surface area (Å²) in [6, 6.07) is 0. The number of anilines is 2. The van der Waals surface area contributed by atoms with Crippen molar-refractivity contribution in [2.24, 2.45) is 0 Å². The third-order valence-electron chi connectivity index (χ3n) is 7.49. The number of hydrogen-bond donors (Lipinski definition) is 3. The molecule has 2 radical (unpaired) electrons. The van der Waals surface area contributed by atoms with Crippen LogP contribution in [0.3, 0.4) is 0 Å². The quantitative estimate of drug-likeness (QED) is 0.194. The number of methoxy groups -OCH3 is 1. The normalized spacial score (nSPS) is 37.7. The van der Waals surface area contributed by atoms with Crippen LogP contribution in [0.1, 0.15) is 12.5 Å². The Morgan fingerprint density at radius 3 is 2.11 bits per heavy atom. The number of rotatable bonds is 3. The van der Waals surface area contributed by atoms with Crippen molar-refractivity contribution in [2.45, 2.75) is 49.1 Å². The van der Waals surface area contributed by atoms with Gasteiger partial charge in [-0.25, -0.2) is 34.3 Å². The summed E-state index contributed by atoms with van der Waals surface area (Å²) in [6.07, 6.45) is -5.45. The maximum Gasteiger partial charge on any atom is 0.325 e. The second-order valence-electron chi connectivity index (χ2n) is 10.2. The molecule has 19 nitrogen and oxygen atoms in total. The number of halogens is 1. The number of nitrogens with two attached hydrogens (primary N) is 2. The van der Waals surface area contributed by atoms with Crippen LogP contribution in [-0.4, -0.2) is 109 Å². The van der Waals surface area contributed by atoms with Crippen molar-refractivity contribution in [2.75, 3.05) is 31.8 Å². The highest BCUT2D eigenvalue weighted by Crippen LogP contribution is 2.54. The highest BCUT2D eigenvalue weighted by atomic mass is 32.5. The molecule has 0 aromatic carbocycles. The molecule has 24 heteroatoms. The summed E-state index contributed by atoms with van der Waals surface area (Å²) in [5, 5.41) is 0. The number of imidazole rings is 2. The lowest BCUT2D eigenvalue weighted by Gasteiger charge is -2.30. The van der Waals surface area contributed by atoms with Crippen LogP contribution in [0.2, 0.25) is 0 Å². The van der Waals surface area contributed by atoms with Crippen LogP contribution >= 0.6 is 14.2 Å². The van der Waals surface area contributed by atoms with Crippen molar-refractivity contribution in [3.63, 3.8) is 0 Å². The fourth-order valence-corrected chi connectivity index (χ4v) is 7.91. The van der Waals surface area contributed by atoms with Crippen LogP contribution in [-0.2, 0) is 48.7 Å². The molecule has 7 heterocycles. The third-order valence-corrected chi connectivity index (χ3v) is 10.1. The molecular formula is C21H24BFN10O9P2S. The van der Waals surface area contributed by atoms with Crippen molar-refractivity contribution in [3.8, 4) is 0 Å². The Hall–Kier alpha value is -2.75. The van der Waals surface area contributed by atoms with E-state index in [0.717, 1.165) is 0 Å². The smallest absolute Gasteiger partial charge is 0.325 e. The van der Waals surface area contributed by atoms with Gasteiger partial charge >= 0.3 is 6.72 Å². The summed E-state index contributed by atoms with van der Waals surface area (Å²) in [7, 11) is 2.81. The number of nitrogens with zero attached hydrogens (tertiary/aromatic N) is 8. The fraction of sp³-hybridized carbons (Fsp3) is 0.524. The Labute approximate surface area is 258 Å². The van der Waals surface area contributed by atoms with E-state index in [1.165, 1.54) is 41.6 Å². The van der Waals surface area contributed by atoms with Gasteiger partial charge in [0.2, 0.25) is 7.57 Å². The first-order chi connectivity index (χ1) is 21.5. The van der Waals surface area contributed by atoms with Gasteiger partial charge in [0.15, 0.2) is 41.6 Å². The standard InChI is InChI=1S/C21H24BFN10O9P2S/c1-36-15-14-9(40-21(15)33-7-31-12-17(25)27-5-29-19(12)33)2-37-43(22,34)41-13-8(3-38-44(35,45)42-14)39-20(10(13)23)32-6-30-11-16(24)26-4-28-18(11)32/h4-10,13-15,20-21H,2-3H2,1H3,(H,35,45)(H2,24,26,28)(H2,25,27,29)/t8-,9-,10?,13?,14?,15?,20-,21-,43?,44?/m1/s1. The van der Waals surface area contributed by atoms with E-state index in [-0.39, 0.29) is 22.8 Å². The Balaban J connectivity index is 1.18. The topological polar surface area (TPSA) is 241 Å². The Bertz CT molecular complexity index is 1860. The van der Waals surface area contributed by atoms with Crippen LogP contribution in [0.25, 0.3) is 22.3 Å². The van der Waals surface area contributed by atoms with Gasteiger partial charge in [-0.3, -0.25) is 18.2 Å². The van der Waals surface area contributed by atoms with E-state index < -0.39 is 76.6 Å². The van der Waals surface area contributed by atoms with Crippen LogP contribution in [0.5, 0.6) is 0 Å². The van der Waals surface area contributed by atoms with Crippen LogP contribution < -0.4 is 11.5 Å². The molecule has 3 aliphatic heterocycles. The summed E-state index contributed by atoms with van der Waals surface area (Å²) in [5.74, 6) is 0.205. The minimum atomic E-state index is -4.50. The van der Waals surface area contributed by atoms with Gasteiger partial charge in [0.05, 0.1) is 25.9 Å². The maximum absolute atomic E-state index is 16.0. The SMILES string of the molecule is [B]P1(=O)OC[C@H]2O[C@@H](n3cnc4c(N)ncnc43)C(OC)C2OP(O)(=S)OC[C@H]2O[C@@H](n3cnc4c(N)ncnc43)C(F)C2O1. The average molecular weight is 684 g/mol. The van der Waals surface area contributed by atoms with Crippen molar-refractivity contribution >= 4 is 67.5 Å². The molecule has 7 rings (SSSR count). The Morgan fingerprint density at radius 2 is 1.49 bits per heavy atom. The van der Waals surface area contributed by atoms with Gasteiger partial charge in [-0.1, -0.05) is 0 Å². The highest BCUT2D eigenvalue weighted by Gasteiger charge is 2.53. The largest absolute Gasteiger partial charge is 0.382 e. The van der Waals surface area contributed by atoms with E-state index in [2.05, 4.69) is 29.9 Å². The minimum Gasteiger partial charge on any atom is -0.382 e. The van der Waals surface area contributed by atoms with Crippen molar-refractivity contribution in [3.05, 3.63) is 25.3 Å². The molecule has 3 aliphatic rings. The zero-order valence-electron chi connectivity index (χ0n) is 23.0. The molecule has 0 spiro atoms. The summed E-state index contributed by atoms with van der Waals surface area (Å²) in [6.45, 7) is -5.19. The van der Waals surface area contributed by atoms with Gasteiger partial charge in [-0.05, 0) is 11.8 Å². The zero-order valence-corrected chi connectivity index (χ0v) is 25.7. The van der Waals surface area contributed by atoms with Crippen LogP contribution in [0.15, 0.2) is 25.3 Å². The molecule has 0 saturated carbocycles. The monoisotopic (exact) mass is 684 g/mol. The van der Waals surface area contributed by atoms with Gasteiger partial charge in [0.1, 0.15) is 54.2 Å². The Kier molecular flexibility index (Phi) is 7.89. The molecule has 3 saturated heterocycles. The zero-order chi connectivity index (χ0) is 31.7. The van der Waals surface area contributed by atoms with E-state index >= 15 is 4.39 Å². The summed E-state index contributed by atoms with van der Waals surface area (Å²) in [5.41, 5.74) is 12.8. The van der Waals surface area contributed by atoms with E-state index in [1.54, 1.807) is 0 Å². The molecule has 4 aromatic heterocycles. The van der Waals surface area contributed by atoms with Gasteiger partial charge in [-0.2, -0.15) is 0 Å². The average Bonchev–Trinajstić information content (AvgIpc) is 3.75. The third kappa shape index (κ3) is 5.53. The molecule has 0 aliphatic carbocycles. The molecule has 10 atom stereocenters. The lowest BCUT2D eigenvalue weighted by atomic mass is 10.1. The molecule has 4 aromatic rings. The first kappa shape index (κ1) is 30.9. The van der Waals surface area contributed by atoms with Crippen molar-refractivity contribution in [1.29, 1.82) is 0 Å². The van der Waals surface area contributed by atoms with Gasteiger partial charge < -0.3 is 44.1 Å². The summed E-state index contributed by atoms with van der Waals surface area (Å²) < 4.78 is 72.4. The van der Waals surface area contributed by atoms with Gasteiger partial charge in [0.25, 0.3) is 7.47 Å². The summed E-state index contributed by atoms with van der Waals surface area (Å²) in [4.78, 5) is 35.6. The van der Waals surface area contributed by atoms with Crippen molar-refractivity contribution < 1.29 is 46.2 Å². The molecule has 3 fully saturated rings. The molecular weight excluding hydrogens is 660 g/mol. The lowest BCUT2D eigenvalue weighted by molar-refractivity contribution is -0.0592. The predicted octanol–water partition coefficient (Wildman–Crippen LogP) is 0.289. The highest BCUT2D eigenvalue weighted by molar-refractivity contribution is 8.07. The number of nitrogen functional groups attached to an aromatic ring is 2. The number of fused-ring (bicyclic) bond motifs is 4. The van der Waals surface area contributed by atoms with Crippen LogP contribution in [0.4, 0.5) is 16.0 Å². The van der Waals surface area contributed by atoms with E-state index in [0.29, 0.717) is 11.2 Å². The van der Waals surface area contributed by atoms with E-state index in [9.17, 15) is 9.46 Å². The second-order valence-corrected chi connectivity index (χ2v) is 14.5. The predicted molar refractivity (Wildman–Crippen MR) is 154 cm³/mol. The minimum absolute atomic E-state index is 0.0687. The maximum atomic E-state index is 16.0. The van der Waals surface area contributed by atoms with Gasteiger partial charge in [0, 0.05) is 7.11 Å². The Morgan fingerprint density at radius 1 is 0.933 bits per heavy atom. The summed E-state index contributed by atoms with van der Waals surface area (Å²) >= 11 is 5.30. The molecule has 0 bridgehead atoms. The molecule has 238 valence electrons. The number of aromatic nitrogens is 8. The number of hydrogen-bond acceptors (Lipinski definition) is 17. The molecule has 45 heavy (non-hydrogen) atoms. The fourth-order valence-electron chi connectivity index (χ4n) is 5.46. The van der Waals surface area contributed by atoms with Crippen molar-refractivity contribution in [1.82, 2.24) is 39.0 Å². The molecule has 0 amide bonds. The molecule has 5 N–H and O–H groups in total. The number of ether oxygens (including phenoxy) is 3. The lowest BCUT2D eigenvalue weighted by Crippen LogP contribution is -2.39. The molecule has 6 unspecified atom stereocenters. The first-order valence-corrected chi connectivity index (χ1v) is 17.4. The van der Waals surface area contributed by atoms with E-state index in [1.807, 2.05) is 0 Å². The van der Waals surface area contributed by atoms with Gasteiger partial charge in [-0.15, -0.1) is 0 Å². The first-order valence-electron chi connectivity index (χ1n) is 13.2. The number of alkyl halides is 1. The van der Waals surface area contributed by atoms with E-state index in [4.69, 9.17) is 63.1 Å². The second kappa shape index (κ2) is 11.5.